The molecule has 1 aromatic carbocycles. The van der Waals surface area contributed by atoms with Crippen molar-refractivity contribution >= 4 is 0 Å². The number of piperidine rings is 1. The second-order valence-corrected chi connectivity index (χ2v) is 6.12. The van der Waals surface area contributed by atoms with Crippen LogP contribution in [-0.4, -0.2) is 55.1 Å². The van der Waals surface area contributed by atoms with Crippen LogP contribution in [0.15, 0.2) is 30.3 Å². The van der Waals surface area contributed by atoms with Gasteiger partial charge in [0.1, 0.15) is 0 Å². The quantitative estimate of drug-likeness (QED) is 0.869. The molecule has 0 bridgehead atoms. The first-order valence-corrected chi connectivity index (χ1v) is 7.47. The summed E-state index contributed by atoms with van der Waals surface area (Å²) in [4.78, 5) is 5.21. The molecule has 19 heavy (non-hydrogen) atoms. The lowest BCUT2D eigenvalue weighted by molar-refractivity contribution is 0.00834. The lowest BCUT2D eigenvalue weighted by atomic mass is 9.85. The van der Waals surface area contributed by atoms with Crippen molar-refractivity contribution in [1.82, 2.24) is 15.1 Å². The Labute approximate surface area is 116 Å². The number of rotatable bonds is 2. The smallest absolute Gasteiger partial charge is 0.0458 e. The van der Waals surface area contributed by atoms with Crippen molar-refractivity contribution in [3.05, 3.63) is 35.9 Å². The van der Waals surface area contributed by atoms with Gasteiger partial charge in [-0.1, -0.05) is 30.3 Å². The van der Waals surface area contributed by atoms with E-state index in [1.807, 2.05) is 0 Å². The maximum Gasteiger partial charge on any atom is 0.0458 e. The maximum atomic E-state index is 3.59. The average Bonchev–Trinajstić information content (AvgIpc) is 2.44. The zero-order chi connectivity index (χ0) is 13.1. The van der Waals surface area contributed by atoms with Crippen LogP contribution in [0.25, 0.3) is 0 Å². The largest absolute Gasteiger partial charge is 0.314 e. The van der Waals surface area contributed by atoms with E-state index < -0.39 is 0 Å². The molecule has 3 rings (SSSR count). The maximum absolute atomic E-state index is 3.59. The minimum absolute atomic E-state index is 0.366. The minimum Gasteiger partial charge on any atom is -0.314 e. The van der Waals surface area contributed by atoms with E-state index in [2.05, 4.69) is 52.5 Å². The molecule has 0 radical (unpaired) electrons. The number of hydrogen-bond donors (Lipinski definition) is 1. The van der Waals surface area contributed by atoms with Crippen LogP contribution in [0.2, 0.25) is 0 Å². The zero-order valence-electron chi connectivity index (χ0n) is 11.9. The molecule has 104 valence electrons. The lowest BCUT2D eigenvalue weighted by Crippen LogP contribution is -2.66. The second kappa shape index (κ2) is 5.61. The predicted octanol–water partition coefficient (Wildman–Crippen LogP) is 1.56. The molecule has 0 saturated carbocycles. The van der Waals surface area contributed by atoms with Gasteiger partial charge in [-0.05, 0) is 32.0 Å². The Hall–Kier alpha value is -0.900. The molecule has 2 saturated heterocycles. The van der Waals surface area contributed by atoms with Gasteiger partial charge in [-0.15, -0.1) is 0 Å². The predicted molar refractivity (Wildman–Crippen MR) is 79.2 cm³/mol. The van der Waals surface area contributed by atoms with E-state index in [-0.39, 0.29) is 0 Å². The van der Waals surface area contributed by atoms with E-state index in [0.29, 0.717) is 5.54 Å². The third kappa shape index (κ3) is 2.83. The van der Waals surface area contributed by atoms with Gasteiger partial charge in [0.05, 0.1) is 0 Å². The molecule has 2 aliphatic rings. The minimum atomic E-state index is 0.366. The van der Waals surface area contributed by atoms with Crippen LogP contribution in [0, 0.1) is 0 Å². The third-order valence-corrected chi connectivity index (χ3v) is 4.77. The summed E-state index contributed by atoms with van der Waals surface area (Å²) < 4.78 is 0. The van der Waals surface area contributed by atoms with Gasteiger partial charge in [0.25, 0.3) is 0 Å². The summed E-state index contributed by atoms with van der Waals surface area (Å²) in [6.07, 6.45) is 2.65. The van der Waals surface area contributed by atoms with Crippen molar-refractivity contribution in [3.63, 3.8) is 0 Å². The van der Waals surface area contributed by atoms with E-state index in [0.717, 1.165) is 19.6 Å². The standard InChI is InChI=1S/C16H25N3/c1-18-11-9-17-13-16(18)8-5-10-19(14-16)12-15-6-3-2-4-7-15/h2-4,6-7,17H,5,8-14H2,1H3. The summed E-state index contributed by atoms with van der Waals surface area (Å²) in [6.45, 7) is 7.00. The van der Waals surface area contributed by atoms with Crippen molar-refractivity contribution in [3.8, 4) is 0 Å². The Bertz CT molecular complexity index is 402. The lowest BCUT2D eigenvalue weighted by Gasteiger charge is -2.51. The Balaban J connectivity index is 1.67. The van der Waals surface area contributed by atoms with E-state index >= 15 is 0 Å². The SMILES string of the molecule is CN1CCNCC12CCCN(Cc1ccccc1)C2. The fourth-order valence-electron chi connectivity index (χ4n) is 3.58. The van der Waals surface area contributed by atoms with Crippen LogP contribution in [-0.2, 0) is 6.54 Å². The number of likely N-dealkylation sites (N-methyl/N-ethyl adjacent to an activating group) is 1. The second-order valence-electron chi connectivity index (χ2n) is 6.12. The summed E-state index contributed by atoms with van der Waals surface area (Å²) in [5.41, 5.74) is 1.80. The number of hydrogen-bond acceptors (Lipinski definition) is 3. The van der Waals surface area contributed by atoms with Gasteiger partial charge < -0.3 is 5.32 Å². The summed E-state index contributed by atoms with van der Waals surface area (Å²) in [7, 11) is 2.30. The summed E-state index contributed by atoms with van der Waals surface area (Å²) in [6, 6.07) is 10.9. The molecule has 3 nitrogen and oxygen atoms in total. The van der Waals surface area contributed by atoms with Gasteiger partial charge >= 0.3 is 0 Å². The van der Waals surface area contributed by atoms with Gasteiger partial charge in [-0.2, -0.15) is 0 Å². The zero-order valence-corrected chi connectivity index (χ0v) is 11.9. The molecular weight excluding hydrogens is 234 g/mol. The molecule has 1 aromatic rings. The van der Waals surface area contributed by atoms with Crippen molar-refractivity contribution < 1.29 is 0 Å². The van der Waals surface area contributed by atoms with Gasteiger partial charge in [0.2, 0.25) is 0 Å². The molecule has 0 aromatic heterocycles. The fourth-order valence-corrected chi connectivity index (χ4v) is 3.58. The van der Waals surface area contributed by atoms with Crippen LogP contribution in [0.4, 0.5) is 0 Å². The molecule has 2 aliphatic heterocycles. The average molecular weight is 259 g/mol. The van der Waals surface area contributed by atoms with Crippen molar-refractivity contribution in [1.29, 1.82) is 0 Å². The number of likely N-dealkylation sites (tertiary alicyclic amines) is 1. The van der Waals surface area contributed by atoms with E-state index in [1.165, 1.54) is 38.0 Å². The Morgan fingerprint density at radius 3 is 2.84 bits per heavy atom. The van der Waals surface area contributed by atoms with Gasteiger partial charge in [0, 0.05) is 38.3 Å². The first-order valence-electron chi connectivity index (χ1n) is 7.47. The van der Waals surface area contributed by atoms with Gasteiger partial charge in [-0.3, -0.25) is 9.80 Å². The molecule has 1 unspecified atom stereocenters. The molecule has 0 aliphatic carbocycles. The molecule has 2 fully saturated rings. The highest BCUT2D eigenvalue weighted by atomic mass is 15.3. The highest BCUT2D eigenvalue weighted by molar-refractivity contribution is 5.15. The third-order valence-electron chi connectivity index (χ3n) is 4.77. The highest BCUT2D eigenvalue weighted by Gasteiger charge is 2.40. The van der Waals surface area contributed by atoms with E-state index in [1.54, 1.807) is 0 Å². The van der Waals surface area contributed by atoms with Crippen molar-refractivity contribution in [2.24, 2.45) is 0 Å². The number of benzene rings is 1. The monoisotopic (exact) mass is 259 g/mol. The Kier molecular flexibility index (Phi) is 3.87. The van der Waals surface area contributed by atoms with Crippen LogP contribution in [0.3, 0.4) is 0 Å². The van der Waals surface area contributed by atoms with E-state index in [9.17, 15) is 0 Å². The molecule has 2 heterocycles. The summed E-state index contributed by atoms with van der Waals surface area (Å²) in [5, 5.41) is 3.59. The van der Waals surface area contributed by atoms with Crippen molar-refractivity contribution in [2.75, 3.05) is 39.8 Å². The van der Waals surface area contributed by atoms with Crippen LogP contribution in [0.5, 0.6) is 0 Å². The molecule has 1 atom stereocenters. The molecule has 1 spiro atoms. The van der Waals surface area contributed by atoms with Gasteiger partial charge in [-0.25, -0.2) is 0 Å². The molecular formula is C16H25N3. The molecule has 1 N–H and O–H groups in total. The number of nitrogens with one attached hydrogen (secondary N) is 1. The highest BCUT2D eigenvalue weighted by Crippen LogP contribution is 2.28. The van der Waals surface area contributed by atoms with Crippen LogP contribution < -0.4 is 5.32 Å². The molecule has 3 heteroatoms. The summed E-state index contributed by atoms with van der Waals surface area (Å²) in [5.74, 6) is 0. The van der Waals surface area contributed by atoms with Gasteiger partial charge in [0.15, 0.2) is 0 Å². The first-order chi connectivity index (χ1) is 9.28. The topological polar surface area (TPSA) is 18.5 Å². The van der Waals surface area contributed by atoms with E-state index in [4.69, 9.17) is 0 Å². The van der Waals surface area contributed by atoms with Crippen LogP contribution >= 0.6 is 0 Å². The van der Waals surface area contributed by atoms with Crippen LogP contribution in [0.1, 0.15) is 18.4 Å². The molecule has 0 amide bonds. The van der Waals surface area contributed by atoms with Crippen molar-refractivity contribution in [2.45, 2.75) is 24.9 Å². The number of nitrogens with zero attached hydrogens (tertiary/aromatic N) is 2. The Morgan fingerprint density at radius 2 is 2.05 bits per heavy atom. The normalized spacial score (nSPS) is 29.7. The first kappa shape index (κ1) is 13.1. The number of piperazine rings is 1. The summed E-state index contributed by atoms with van der Waals surface area (Å²) >= 11 is 0. The fraction of sp³-hybridized carbons (Fsp3) is 0.625. The Morgan fingerprint density at radius 1 is 1.21 bits per heavy atom.